The summed E-state index contributed by atoms with van der Waals surface area (Å²) in [4.78, 5) is 15.8. The zero-order valence-corrected chi connectivity index (χ0v) is 12.1. The quantitative estimate of drug-likeness (QED) is 0.837. The summed E-state index contributed by atoms with van der Waals surface area (Å²) in [6, 6.07) is 1.08. The minimum absolute atomic E-state index is 0.171. The normalized spacial score (nSPS) is 12.6. The van der Waals surface area contributed by atoms with E-state index < -0.39 is 6.04 Å². The van der Waals surface area contributed by atoms with Gasteiger partial charge in [-0.2, -0.15) is 0 Å². The minimum Gasteiger partial charge on any atom is -0.322 e. The van der Waals surface area contributed by atoms with Crippen molar-refractivity contribution >= 4 is 34.8 Å². The molecular weight excluding hydrogens is 273 g/mol. The van der Waals surface area contributed by atoms with Crippen molar-refractivity contribution in [3.63, 3.8) is 0 Å². The van der Waals surface area contributed by atoms with E-state index in [0.29, 0.717) is 23.2 Å². The molecule has 0 saturated carbocycles. The monoisotopic (exact) mass is 289 g/mol. The maximum absolute atomic E-state index is 11.9. The number of halogens is 2. The minimum atomic E-state index is -0.559. The maximum atomic E-state index is 11.9. The zero-order valence-electron chi connectivity index (χ0n) is 10.6. The largest absolute Gasteiger partial charge is 0.322 e. The second-order valence-corrected chi connectivity index (χ2v) is 5.40. The average Bonchev–Trinajstić information content (AvgIpc) is 2.21. The van der Waals surface area contributed by atoms with E-state index in [9.17, 15) is 4.79 Å². The summed E-state index contributed by atoms with van der Waals surface area (Å²) in [6.45, 7) is 5.81. The fraction of sp³-hybridized carbons (Fsp3) is 0.500. The number of amides is 1. The van der Waals surface area contributed by atoms with Crippen LogP contribution >= 0.6 is 23.2 Å². The molecule has 4 nitrogen and oxygen atoms in total. The highest BCUT2D eigenvalue weighted by atomic mass is 35.5. The molecule has 6 heteroatoms. The highest BCUT2D eigenvalue weighted by Crippen LogP contribution is 2.26. The van der Waals surface area contributed by atoms with Gasteiger partial charge >= 0.3 is 0 Å². The van der Waals surface area contributed by atoms with Crippen LogP contribution in [0.15, 0.2) is 6.07 Å². The number of aryl methyl sites for hydroxylation is 1. The molecule has 18 heavy (non-hydrogen) atoms. The van der Waals surface area contributed by atoms with E-state index in [2.05, 4.69) is 10.3 Å². The highest BCUT2D eigenvalue weighted by Gasteiger charge is 2.18. The summed E-state index contributed by atoms with van der Waals surface area (Å²) >= 11 is 11.7. The van der Waals surface area contributed by atoms with E-state index in [0.717, 1.165) is 5.56 Å². The summed E-state index contributed by atoms with van der Waals surface area (Å²) in [7, 11) is 0. The Morgan fingerprint density at radius 2 is 2.11 bits per heavy atom. The van der Waals surface area contributed by atoms with Crippen LogP contribution in [0.25, 0.3) is 0 Å². The topological polar surface area (TPSA) is 68.0 Å². The number of nitrogens with one attached hydrogen (secondary N) is 1. The number of carbonyl (C=O) groups excluding carboxylic acids is 1. The molecule has 1 atom stereocenters. The van der Waals surface area contributed by atoms with Crippen LogP contribution in [0.4, 0.5) is 5.69 Å². The van der Waals surface area contributed by atoms with Gasteiger partial charge in [-0.3, -0.25) is 4.79 Å². The molecule has 1 heterocycles. The number of nitrogens with two attached hydrogens (primary N) is 1. The Hall–Kier alpha value is -0.840. The molecule has 0 aromatic carbocycles. The van der Waals surface area contributed by atoms with Crippen molar-refractivity contribution in [3.05, 3.63) is 21.9 Å². The number of anilines is 1. The van der Waals surface area contributed by atoms with Crippen molar-refractivity contribution < 1.29 is 4.79 Å². The van der Waals surface area contributed by atoms with Crippen LogP contribution in [0.2, 0.25) is 10.3 Å². The molecule has 0 unspecified atom stereocenters. The first kappa shape index (κ1) is 15.2. The number of aromatic nitrogens is 1. The van der Waals surface area contributed by atoms with E-state index >= 15 is 0 Å². The van der Waals surface area contributed by atoms with Crippen LogP contribution in [0, 0.1) is 12.8 Å². The predicted molar refractivity (Wildman–Crippen MR) is 75.1 cm³/mol. The van der Waals surface area contributed by atoms with Gasteiger partial charge in [0.1, 0.15) is 5.15 Å². The number of nitrogens with zero attached hydrogens (tertiary/aromatic N) is 1. The molecule has 1 rings (SSSR count). The molecule has 0 aliphatic carbocycles. The third-order valence-electron chi connectivity index (χ3n) is 2.45. The molecule has 3 N–H and O–H groups in total. The second-order valence-electron chi connectivity index (χ2n) is 4.65. The summed E-state index contributed by atoms with van der Waals surface area (Å²) in [5.74, 6) is 0.0866. The van der Waals surface area contributed by atoms with Crippen molar-refractivity contribution in [2.24, 2.45) is 11.7 Å². The molecule has 0 aliphatic heterocycles. The van der Waals surface area contributed by atoms with Crippen molar-refractivity contribution in [2.75, 3.05) is 5.32 Å². The first-order chi connectivity index (χ1) is 8.31. The van der Waals surface area contributed by atoms with Gasteiger partial charge in [-0.1, -0.05) is 37.0 Å². The van der Waals surface area contributed by atoms with Gasteiger partial charge in [0.25, 0.3) is 0 Å². The number of hydrogen-bond acceptors (Lipinski definition) is 3. The van der Waals surface area contributed by atoms with Gasteiger partial charge in [0.15, 0.2) is 5.15 Å². The third-order valence-corrected chi connectivity index (χ3v) is 2.92. The van der Waals surface area contributed by atoms with Crippen LogP contribution in [-0.4, -0.2) is 16.9 Å². The van der Waals surface area contributed by atoms with E-state index in [-0.39, 0.29) is 11.1 Å². The lowest BCUT2D eigenvalue weighted by Gasteiger charge is -2.16. The van der Waals surface area contributed by atoms with Crippen molar-refractivity contribution in [1.29, 1.82) is 0 Å². The SMILES string of the molecule is Cc1cc(Cl)nc(Cl)c1NC(=O)[C@@H](N)CC(C)C. The van der Waals surface area contributed by atoms with Crippen LogP contribution in [0.1, 0.15) is 25.8 Å². The molecular formula is C12H17Cl2N3O. The summed E-state index contributed by atoms with van der Waals surface area (Å²) in [5, 5.41) is 3.16. The lowest BCUT2D eigenvalue weighted by atomic mass is 10.0. The Bertz CT molecular complexity index is 426. The van der Waals surface area contributed by atoms with Gasteiger partial charge in [0.05, 0.1) is 11.7 Å². The first-order valence-corrected chi connectivity index (χ1v) is 6.46. The van der Waals surface area contributed by atoms with Gasteiger partial charge in [-0.15, -0.1) is 0 Å². The van der Waals surface area contributed by atoms with Gasteiger partial charge in [-0.25, -0.2) is 4.98 Å². The van der Waals surface area contributed by atoms with Crippen LogP contribution in [-0.2, 0) is 4.79 Å². The van der Waals surface area contributed by atoms with Gasteiger partial charge in [0.2, 0.25) is 5.91 Å². The van der Waals surface area contributed by atoms with Crippen LogP contribution in [0.3, 0.4) is 0 Å². The van der Waals surface area contributed by atoms with E-state index in [1.54, 1.807) is 13.0 Å². The fourth-order valence-electron chi connectivity index (χ4n) is 1.58. The van der Waals surface area contributed by atoms with E-state index in [1.807, 2.05) is 13.8 Å². The van der Waals surface area contributed by atoms with Gasteiger partial charge in [-0.05, 0) is 30.9 Å². The van der Waals surface area contributed by atoms with Crippen molar-refractivity contribution in [2.45, 2.75) is 33.2 Å². The molecule has 1 amide bonds. The van der Waals surface area contributed by atoms with Crippen LogP contribution in [0.5, 0.6) is 0 Å². The van der Waals surface area contributed by atoms with Gasteiger partial charge in [0, 0.05) is 0 Å². The summed E-state index contributed by atoms with van der Waals surface area (Å²) in [5.41, 5.74) is 7.01. The molecule has 1 aromatic rings. The number of carbonyl (C=O) groups is 1. The smallest absolute Gasteiger partial charge is 0.241 e. The molecule has 0 bridgehead atoms. The second kappa shape index (κ2) is 6.36. The predicted octanol–water partition coefficient (Wildman–Crippen LogP) is 3.01. The Morgan fingerprint density at radius 1 is 1.50 bits per heavy atom. The van der Waals surface area contributed by atoms with Crippen LogP contribution < -0.4 is 11.1 Å². The summed E-state index contributed by atoms with van der Waals surface area (Å²) in [6.07, 6.45) is 0.615. The Kier molecular flexibility index (Phi) is 5.38. The molecule has 0 spiro atoms. The Labute approximate surface area is 117 Å². The van der Waals surface area contributed by atoms with Crippen molar-refractivity contribution in [1.82, 2.24) is 4.98 Å². The van der Waals surface area contributed by atoms with E-state index in [1.165, 1.54) is 0 Å². The zero-order chi connectivity index (χ0) is 13.9. The molecule has 0 aliphatic rings. The lowest BCUT2D eigenvalue weighted by Crippen LogP contribution is -2.36. The number of pyridine rings is 1. The first-order valence-electron chi connectivity index (χ1n) is 5.70. The standard InChI is InChI=1S/C12H17Cl2N3O/c1-6(2)4-8(15)12(18)17-10-7(3)5-9(13)16-11(10)14/h5-6,8H,4,15H2,1-3H3,(H,17,18)/t8-/m0/s1. The van der Waals surface area contributed by atoms with E-state index in [4.69, 9.17) is 28.9 Å². The average molecular weight is 290 g/mol. The molecule has 0 saturated heterocycles. The third kappa shape index (κ3) is 4.12. The molecule has 0 radical (unpaired) electrons. The molecule has 0 fully saturated rings. The number of rotatable bonds is 4. The fourth-order valence-corrected chi connectivity index (χ4v) is 2.16. The molecule has 1 aromatic heterocycles. The molecule has 100 valence electrons. The van der Waals surface area contributed by atoms with Gasteiger partial charge < -0.3 is 11.1 Å². The summed E-state index contributed by atoms with van der Waals surface area (Å²) < 4.78 is 0. The lowest BCUT2D eigenvalue weighted by molar-refractivity contribution is -0.117. The maximum Gasteiger partial charge on any atom is 0.241 e. The Balaban J connectivity index is 2.82. The number of hydrogen-bond donors (Lipinski definition) is 2. The Morgan fingerprint density at radius 3 is 2.61 bits per heavy atom. The van der Waals surface area contributed by atoms with Crippen molar-refractivity contribution in [3.8, 4) is 0 Å². The highest BCUT2D eigenvalue weighted by molar-refractivity contribution is 6.34.